The highest BCUT2D eigenvalue weighted by Crippen LogP contribution is 2.24. The third-order valence-corrected chi connectivity index (χ3v) is 4.64. The molecule has 0 saturated heterocycles. The Morgan fingerprint density at radius 1 is 0.783 bits per heavy atom. The first-order chi connectivity index (χ1) is 10.9. The van der Waals surface area contributed by atoms with Crippen LogP contribution in [0.15, 0.2) is 36.4 Å². The van der Waals surface area contributed by atoms with Crippen molar-refractivity contribution in [3.63, 3.8) is 0 Å². The zero-order chi connectivity index (χ0) is 15.6. The number of benzene rings is 2. The van der Waals surface area contributed by atoms with Gasteiger partial charge in [-0.3, -0.25) is 0 Å². The van der Waals surface area contributed by atoms with Crippen LogP contribution in [0.1, 0.15) is 69.4 Å². The Morgan fingerprint density at radius 2 is 1.43 bits per heavy atom. The van der Waals surface area contributed by atoms with Gasteiger partial charge < -0.3 is 5.73 Å². The Balaban J connectivity index is 0.00000264. The van der Waals surface area contributed by atoms with E-state index in [4.69, 9.17) is 5.73 Å². The highest BCUT2D eigenvalue weighted by molar-refractivity contribution is 5.86. The second kappa shape index (κ2) is 11.5. The summed E-state index contributed by atoms with van der Waals surface area (Å²) in [5, 5.41) is 2.74. The minimum atomic E-state index is 0. The van der Waals surface area contributed by atoms with E-state index in [2.05, 4.69) is 43.3 Å². The predicted molar refractivity (Wildman–Crippen MR) is 105 cm³/mol. The van der Waals surface area contributed by atoms with Crippen molar-refractivity contribution in [2.24, 2.45) is 5.73 Å². The number of halogens is 1. The topological polar surface area (TPSA) is 26.0 Å². The second-order valence-corrected chi connectivity index (χ2v) is 6.35. The molecule has 2 aromatic carbocycles. The normalized spacial score (nSPS) is 10.7. The molecule has 0 radical (unpaired) electrons. The molecule has 0 aromatic heterocycles. The standard InChI is InChI=1S/C21H31N.ClH/c1-2-3-4-5-6-7-8-9-13-21-19(17-22)16-15-18-12-10-11-14-20(18)21;/h10-12,14-16H,2-9,13,17,22H2,1H3;1H. The Bertz CT molecular complexity index is 565. The maximum Gasteiger partial charge on any atom is 0.0181 e. The molecule has 1 nitrogen and oxygen atoms in total. The SMILES string of the molecule is CCCCCCCCCCc1c(CN)ccc2ccccc12.Cl. The lowest BCUT2D eigenvalue weighted by atomic mass is 9.94. The first-order valence-electron chi connectivity index (χ1n) is 9.06. The summed E-state index contributed by atoms with van der Waals surface area (Å²) in [6.45, 7) is 2.93. The summed E-state index contributed by atoms with van der Waals surface area (Å²) in [5.41, 5.74) is 8.74. The average molecular weight is 334 g/mol. The molecule has 0 amide bonds. The fourth-order valence-corrected chi connectivity index (χ4v) is 3.30. The van der Waals surface area contributed by atoms with Crippen LogP contribution < -0.4 is 5.73 Å². The highest BCUT2D eigenvalue weighted by Gasteiger charge is 2.06. The van der Waals surface area contributed by atoms with Gasteiger partial charge in [0.25, 0.3) is 0 Å². The quantitative estimate of drug-likeness (QED) is 0.500. The van der Waals surface area contributed by atoms with E-state index in [1.165, 1.54) is 79.7 Å². The van der Waals surface area contributed by atoms with Crippen molar-refractivity contribution < 1.29 is 0 Å². The molecule has 0 fully saturated rings. The van der Waals surface area contributed by atoms with Crippen LogP contribution in [-0.2, 0) is 13.0 Å². The summed E-state index contributed by atoms with van der Waals surface area (Å²) < 4.78 is 0. The summed E-state index contributed by atoms with van der Waals surface area (Å²) in [7, 11) is 0. The van der Waals surface area contributed by atoms with Gasteiger partial charge in [-0.25, -0.2) is 0 Å². The van der Waals surface area contributed by atoms with E-state index >= 15 is 0 Å². The zero-order valence-corrected chi connectivity index (χ0v) is 15.3. The van der Waals surface area contributed by atoms with Crippen molar-refractivity contribution in [2.45, 2.75) is 71.3 Å². The molecule has 2 N–H and O–H groups in total. The lowest BCUT2D eigenvalue weighted by Crippen LogP contribution is -2.02. The van der Waals surface area contributed by atoms with Crippen molar-refractivity contribution in [2.75, 3.05) is 0 Å². The summed E-state index contributed by atoms with van der Waals surface area (Å²) in [4.78, 5) is 0. The molecule has 128 valence electrons. The molecule has 23 heavy (non-hydrogen) atoms. The number of rotatable bonds is 10. The first-order valence-corrected chi connectivity index (χ1v) is 9.06. The Morgan fingerprint density at radius 3 is 2.13 bits per heavy atom. The van der Waals surface area contributed by atoms with Gasteiger partial charge in [0.05, 0.1) is 0 Å². The Kier molecular flexibility index (Phi) is 9.98. The maximum absolute atomic E-state index is 5.94. The fraction of sp³-hybridized carbons (Fsp3) is 0.524. The number of fused-ring (bicyclic) bond motifs is 1. The zero-order valence-electron chi connectivity index (χ0n) is 14.5. The second-order valence-electron chi connectivity index (χ2n) is 6.35. The van der Waals surface area contributed by atoms with E-state index in [-0.39, 0.29) is 12.4 Å². The van der Waals surface area contributed by atoms with Gasteiger partial charge in [0.1, 0.15) is 0 Å². The van der Waals surface area contributed by atoms with Crippen LogP contribution in [0.4, 0.5) is 0 Å². The van der Waals surface area contributed by atoms with E-state index in [0.29, 0.717) is 6.54 Å². The van der Waals surface area contributed by atoms with Gasteiger partial charge in [-0.1, -0.05) is 88.3 Å². The summed E-state index contributed by atoms with van der Waals surface area (Å²) in [6, 6.07) is 13.1. The maximum atomic E-state index is 5.94. The largest absolute Gasteiger partial charge is 0.326 e. The third-order valence-electron chi connectivity index (χ3n) is 4.64. The summed E-state index contributed by atoms with van der Waals surface area (Å²) in [6.07, 6.45) is 12.1. The Hall–Kier alpha value is -1.05. The molecule has 0 atom stereocenters. The van der Waals surface area contributed by atoms with Crippen LogP contribution in [0.5, 0.6) is 0 Å². The van der Waals surface area contributed by atoms with Crippen molar-refractivity contribution in [3.8, 4) is 0 Å². The molecule has 2 rings (SSSR count). The van der Waals surface area contributed by atoms with Gasteiger partial charge in [0.2, 0.25) is 0 Å². The first kappa shape index (κ1) is 20.0. The van der Waals surface area contributed by atoms with Gasteiger partial charge in [-0.15, -0.1) is 12.4 Å². The van der Waals surface area contributed by atoms with Crippen molar-refractivity contribution >= 4 is 23.2 Å². The van der Waals surface area contributed by atoms with Crippen molar-refractivity contribution in [1.29, 1.82) is 0 Å². The molecule has 0 aliphatic rings. The minimum Gasteiger partial charge on any atom is -0.326 e. The average Bonchev–Trinajstić information content (AvgIpc) is 2.57. The number of hydrogen-bond donors (Lipinski definition) is 1. The number of nitrogens with two attached hydrogens (primary N) is 1. The van der Waals surface area contributed by atoms with Crippen LogP contribution in [0, 0.1) is 0 Å². The summed E-state index contributed by atoms with van der Waals surface area (Å²) in [5.74, 6) is 0. The molecule has 2 aromatic rings. The van der Waals surface area contributed by atoms with Crippen LogP contribution in [0.3, 0.4) is 0 Å². The van der Waals surface area contributed by atoms with E-state index in [1.807, 2.05) is 0 Å². The molecule has 0 saturated carbocycles. The van der Waals surface area contributed by atoms with Gasteiger partial charge in [-0.05, 0) is 34.7 Å². The molecule has 0 unspecified atom stereocenters. The fourth-order valence-electron chi connectivity index (χ4n) is 3.30. The van der Waals surface area contributed by atoms with Gasteiger partial charge in [0, 0.05) is 6.54 Å². The smallest absolute Gasteiger partial charge is 0.0181 e. The van der Waals surface area contributed by atoms with E-state index < -0.39 is 0 Å². The predicted octanol–water partition coefficient (Wildman–Crippen LogP) is 6.40. The molecule has 0 bridgehead atoms. The molecular weight excluding hydrogens is 302 g/mol. The Labute approximate surface area is 148 Å². The minimum absolute atomic E-state index is 0. The van der Waals surface area contributed by atoms with Crippen LogP contribution in [-0.4, -0.2) is 0 Å². The third kappa shape index (κ3) is 6.16. The lowest BCUT2D eigenvalue weighted by Gasteiger charge is -2.12. The number of aryl methyl sites for hydroxylation is 1. The molecule has 2 heteroatoms. The van der Waals surface area contributed by atoms with Gasteiger partial charge in [0.15, 0.2) is 0 Å². The van der Waals surface area contributed by atoms with Crippen molar-refractivity contribution in [1.82, 2.24) is 0 Å². The van der Waals surface area contributed by atoms with Crippen LogP contribution >= 0.6 is 12.4 Å². The van der Waals surface area contributed by atoms with E-state index in [0.717, 1.165) is 0 Å². The molecule has 0 spiro atoms. The van der Waals surface area contributed by atoms with E-state index in [1.54, 1.807) is 0 Å². The van der Waals surface area contributed by atoms with Crippen LogP contribution in [0.2, 0.25) is 0 Å². The highest BCUT2D eigenvalue weighted by atomic mass is 35.5. The molecule has 0 heterocycles. The number of unbranched alkanes of at least 4 members (excludes halogenated alkanes) is 7. The molecular formula is C21H32ClN. The van der Waals surface area contributed by atoms with Crippen molar-refractivity contribution in [3.05, 3.63) is 47.5 Å². The van der Waals surface area contributed by atoms with E-state index in [9.17, 15) is 0 Å². The van der Waals surface area contributed by atoms with Crippen LogP contribution in [0.25, 0.3) is 10.8 Å². The lowest BCUT2D eigenvalue weighted by molar-refractivity contribution is 0.575. The monoisotopic (exact) mass is 333 g/mol. The van der Waals surface area contributed by atoms with Gasteiger partial charge >= 0.3 is 0 Å². The summed E-state index contributed by atoms with van der Waals surface area (Å²) >= 11 is 0. The molecule has 0 aliphatic carbocycles. The molecule has 0 aliphatic heterocycles. The van der Waals surface area contributed by atoms with Gasteiger partial charge in [-0.2, -0.15) is 0 Å². The number of hydrogen-bond acceptors (Lipinski definition) is 1.